The Kier molecular flexibility index (Phi) is 5.25. The average molecular weight is 306 g/mol. The summed E-state index contributed by atoms with van der Waals surface area (Å²) in [5.74, 6) is 0.311. The van der Waals surface area contributed by atoms with Crippen LogP contribution >= 0.6 is 28.3 Å². The van der Waals surface area contributed by atoms with E-state index in [-0.39, 0.29) is 24.2 Å². The number of nitrogens with one attached hydrogen (secondary N) is 2. The van der Waals surface area contributed by atoms with Gasteiger partial charge in [-0.05, 0) is 17.7 Å². The van der Waals surface area contributed by atoms with Gasteiger partial charge in [0.15, 0.2) is 0 Å². The molecule has 1 fully saturated rings. The van der Waals surface area contributed by atoms with Crippen molar-refractivity contribution in [1.29, 1.82) is 0 Å². The highest BCUT2D eigenvalue weighted by atomic mass is 79.9. The molecule has 1 amide bonds. The standard InChI is InChI=1S/C11H13BrN2O.ClH/c12-10-3-1-2-8(4-10)5-14-11(15)9-6-13-7-9;/h1-4,9,13H,5-7H2,(H,14,15);1H. The topological polar surface area (TPSA) is 41.1 Å². The van der Waals surface area contributed by atoms with Gasteiger partial charge < -0.3 is 10.6 Å². The third-order valence-corrected chi connectivity index (χ3v) is 3.00. The van der Waals surface area contributed by atoms with E-state index in [1.54, 1.807) is 0 Å². The number of hydrogen-bond donors (Lipinski definition) is 2. The molecule has 5 heteroatoms. The first-order valence-corrected chi connectivity index (χ1v) is 5.78. The molecule has 0 aliphatic carbocycles. The first-order chi connectivity index (χ1) is 7.25. The fourth-order valence-corrected chi connectivity index (χ4v) is 1.90. The summed E-state index contributed by atoms with van der Waals surface area (Å²) < 4.78 is 1.04. The maximum absolute atomic E-state index is 11.5. The van der Waals surface area contributed by atoms with Crippen molar-refractivity contribution in [2.45, 2.75) is 6.54 Å². The molecule has 3 nitrogen and oxygen atoms in total. The van der Waals surface area contributed by atoms with Crippen molar-refractivity contribution < 1.29 is 4.79 Å². The highest BCUT2D eigenvalue weighted by Crippen LogP contribution is 2.11. The van der Waals surface area contributed by atoms with E-state index in [9.17, 15) is 4.79 Å². The van der Waals surface area contributed by atoms with Gasteiger partial charge in [0.1, 0.15) is 0 Å². The first-order valence-electron chi connectivity index (χ1n) is 4.98. The third-order valence-electron chi connectivity index (χ3n) is 2.51. The Morgan fingerprint density at radius 2 is 2.25 bits per heavy atom. The zero-order valence-corrected chi connectivity index (χ0v) is 11.1. The fourth-order valence-electron chi connectivity index (χ4n) is 1.45. The van der Waals surface area contributed by atoms with Crippen LogP contribution < -0.4 is 10.6 Å². The van der Waals surface area contributed by atoms with Gasteiger partial charge in [0, 0.05) is 24.1 Å². The molecular formula is C11H14BrClN2O. The van der Waals surface area contributed by atoms with E-state index in [1.165, 1.54) is 0 Å². The molecule has 2 rings (SSSR count). The SMILES string of the molecule is Cl.O=C(NCc1cccc(Br)c1)C1CNC1. The summed E-state index contributed by atoms with van der Waals surface area (Å²) in [4.78, 5) is 11.5. The predicted octanol–water partition coefficient (Wildman–Crippen LogP) is 1.71. The van der Waals surface area contributed by atoms with Crippen LogP contribution in [0.15, 0.2) is 28.7 Å². The molecule has 0 bridgehead atoms. The maximum Gasteiger partial charge on any atom is 0.225 e. The Balaban J connectivity index is 0.00000128. The predicted molar refractivity (Wildman–Crippen MR) is 69.6 cm³/mol. The van der Waals surface area contributed by atoms with Crippen molar-refractivity contribution >= 4 is 34.2 Å². The second kappa shape index (κ2) is 6.23. The van der Waals surface area contributed by atoms with E-state index in [0.29, 0.717) is 6.54 Å². The highest BCUT2D eigenvalue weighted by Gasteiger charge is 2.24. The van der Waals surface area contributed by atoms with Gasteiger partial charge in [-0.3, -0.25) is 4.79 Å². The molecule has 88 valence electrons. The van der Waals surface area contributed by atoms with Crippen LogP contribution in [0.2, 0.25) is 0 Å². The molecule has 0 aromatic heterocycles. The molecule has 1 saturated heterocycles. The van der Waals surface area contributed by atoms with Crippen LogP contribution in [0.4, 0.5) is 0 Å². The van der Waals surface area contributed by atoms with Gasteiger partial charge in [0.25, 0.3) is 0 Å². The second-order valence-corrected chi connectivity index (χ2v) is 4.62. The van der Waals surface area contributed by atoms with E-state index in [2.05, 4.69) is 26.6 Å². The molecular weight excluding hydrogens is 291 g/mol. The van der Waals surface area contributed by atoms with Crippen molar-refractivity contribution in [2.24, 2.45) is 5.92 Å². The van der Waals surface area contributed by atoms with Gasteiger partial charge >= 0.3 is 0 Å². The number of amides is 1. The van der Waals surface area contributed by atoms with E-state index in [0.717, 1.165) is 23.1 Å². The summed E-state index contributed by atoms with van der Waals surface area (Å²) in [6.45, 7) is 2.23. The smallest absolute Gasteiger partial charge is 0.225 e. The van der Waals surface area contributed by atoms with Gasteiger partial charge in [-0.25, -0.2) is 0 Å². The van der Waals surface area contributed by atoms with Gasteiger partial charge in [-0.1, -0.05) is 28.1 Å². The Labute approximate surface area is 110 Å². The lowest BCUT2D eigenvalue weighted by Crippen LogP contribution is -2.50. The van der Waals surface area contributed by atoms with Gasteiger partial charge in [0.05, 0.1) is 5.92 Å². The molecule has 1 heterocycles. The molecule has 2 N–H and O–H groups in total. The average Bonchev–Trinajstić information content (AvgIpc) is 2.12. The van der Waals surface area contributed by atoms with Crippen LogP contribution in [0.25, 0.3) is 0 Å². The van der Waals surface area contributed by atoms with Crippen LogP contribution in [-0.4, -0.2) is 19.0 Å². The quantitative estimate of drug-likeness (QED) is 0.892. The largest absolute Gasteiger partial charge is 0.352 e. The Hall–Kier alpha value is -0.580. The second-order valence-electron chi connectivity index (χ2n) is 3.70. The molecule has 1 aliphatic heterocycles. The normalized spacial score (nSPS) is 14.8. The number of halogens is 2. The number of carbonyl (C=O) groups is 1. The summed E-state index contributed by atoms with van der Waals surface area (Å²) in [5.41, 5.74) is 1.12. The molecule has 1 aromatic rings. The number of hydrogen-bond acceptors (Lipinski definition) is 2. The lowest BCUT2D eigenvalue weighted by atomic mass is 10.0. The molecule has 1 aromatic carbocycles. The van der Waals surface area contributed by atoms with Crippen LogP contribution in [0.3, 0.4) is 0 Å². The molecule has 16 heavy (non-hydrogen) atoms. The third kappa shape index (κ3) is 3.47. The van der Waals surface area contributed by atoms with Crippen molar-refractivity contribution in [3.8, 4) is 0 Å². The van der Waals surface area contributed by atoms with Gasteiger partial charge in [0.2, 0.25) is 5.91 Å². The lowest BCUT2D eigenvalue weighted by Gasteiger charge is -2.25. The molecule has 0 unspecified atom stereocenters. The molecule has 0 spiro atoms. The van der Waals surface area contributed by atoms with Crippen LogP contribution in [0.5, 0.6) is 0 Å². The molecule has 1 aliphatic rings. The molecule has 0 atom stereocenters. The van der Waals surface area contributed by atoms with Crippen molar-refractivity contribution in [1.82, 2.24) is 10.6 Å². The summed E-state index contributed by atoms with van der Waals surface area (Å²) in [6, 6.07) is 7.96. The minimum atomic E-state index is 0. The van der Waals surface area contributed by atoms with E-state index < -0.39 is 0 Å². The van der Waals surface area contributed by atoms with E-state index >= 15 is 0 Å². The van der Waals surface area contributed by atoms with Gasteiger partial charge in [-0.2, -0.15) is 0 Å². The summed E-state index contributed by atoms with van der Waals surface area (Å²) >= 11 is 3.40. The number of benzene rings is 1. The number of rotatable bonds is 3. The van der Waals surface area contributed by atoms with Crippen LogP contribution in [0, 0.1) is 5.92 Å². The Bertz CT molecular complexity index is 369. The minimum Gasteiger partial charge on any atom is -0.352 e. The van der Waals surface area contributed by atoms with Gasteiger partial charge in [-0.15, -0.1) is 12.4 Å². The van der Waals surface area contributed by atoms with Crippen molar-refractivity contribution in [3.05, 3.63) is 34.3 Å². The van der Waals surface area contributed by atoms with E-state index in [4.69, 9.17) is 0 Å². The Morgan fingerprint density at radius 3 is 2.81 bits per heavy atom. The zero-order valence-electron chi connectivity index (χ0n) is 8.70. The summed E-state index contributed by atoms with van der Waals surface area (Å²) in [5, 5.41) is 6.01. The van der Waals surface area contributed by atoms with Crippen LogP contribution in [0.1, 0.15) is 5.56 Å². The summed E-state index contributed by atoms with van der Waals surface area (Å²) in [6.07, 6.45) is 0. The molecule has 0 radical (unpaired) electrons. The maximum atomic E-state index is 11.5. The zero-order chi connectivity index (χ0) is 10.7. The van der Waals surface area contributed by atoms with Crippen molar-refractivity contribution in [3.63, 3.8) is 0 Å². The van der Waals surface area contributed by atoms with Crippen LogP contribution in [-0.2, 0) is 11.3 Å². The first kappa shape index (κ1) is 13.5. The summed E-state index contributed by atoms with van der Waals surface area (Å²) in [7, 11) is 0. The Morgan fingerprint density at radius 1 is 1.50 bits per heavy atom. The highest BCUT2D eigenvalue weighted by molar-refractivity contribution is 9.10. The molecule has 0 saturated carbocycles. The number of carbonyl (C=O) groups excluding carboxylic acids is 1. The minimum absolute atomic E-state index is 0. The van der Waals surface area contributed by atoms with E-state index in [1.807, 2.05) is 24.3 Å². The monoisotopic (exact) mass is 304 g/mol. The lowest BCUT2D eigenvalue weighted by molar-refractivity contribution is -0.126. The van der Waals surface area contributed by atoms with Crippen molar-refractivity contribution in [2.75, 3.05) is 13.1 Å². The fraction of sp³-hybridized carbons (Fsp3) is 0.364.